The lowest BCUT2D eigenvalue weighted by atomic mass is 10.1. The van der Waals surface area contributed by atoms with E-state index in [1.807, 2.05) is 48.5 Å². The molecule has 1 nitrogen and oxygen atoms in total. The second-order valence-corrected chi connectivity index (χ2v) is 10.6. The van der Waals surface area contributed by atoms with Gasteiger partial charge in [-0.3, -0.25) is 4.21 Å². The van der Waals surface area contributed by atoms with Gasteiger partial charge in [-0.1, -0.05) is 72.8 Å². The largest absolute Gasteiger partial charge is 0.264 e. The number of rotatable bonds is 0. The average molecular weight is 352 g/mol. The minimum absolute atomic E-state index is 0.947. The molecular weight excluding hydrogens is 336 g/mol. The first-order chi connectivity index (χ1) is 12.7. The Kier molecular flexibility index (Phi) is 2.41. The maximum atomic E-state index is 15.7. The lowest BCUT2D eigenvalue weighted by molar-refractivity contribution is 0.658. The molecule has 0 saturated heterocycles. The van der Waals surface area contributed by atoms with Crippen LogP contribution in [0.15, 0.2) is 117 Å². The third kappa shape index (κ3) is 1.29. The molecule has 0 bridgehead atoms. The summed E-state index contributed by atoms with van der Waals surface area (Å²) in [7, 11) is -3.58. The van der Waals surface area contributed by atoms with Gasteiger partial charge < -0.3 is 0 Å². The van der Waals surface area contributed by atoms with Crippen LogP contribution in [0.2, 0.25) is 0 Å². The van der Waals surface area contributed by atoms with Gasteiger partial charge in [-0.05, 0) is 46.5 Å². The summed E-state index contributed by atoms with van der Waals surface area (Å²) in [5.74, 6) is 0. The van der Waals surface area contributed by atoms with Gasteiger partial charge in [0.1, 0.15) is 0 Å². The van der Waals surface area contributed by atoms with Crippen LogP contribution >= 0.6 is 0 Å². The molecule has 0 saturated carbocycles. The van der Waals surface area contributed by atoms with Crippen LogP contribution in [0, 0.1) is 0 Å². The van der Waals surface area contributed by atoms with Crippen LogP contribution in [0.5, 0.6) is 0 Å². The summed E-state index contributed by atoms with van der Waals surface area (Å²) in [5, 5.41) is 0. The molecule has 124 valence electrons. The first kappa shape index (κ1) is 14.2. The topological polar surface area (TPSA) is 17.1 Å². The highest BCUT2D eigenvalue weighted by molar-refractivity contribution is 8.21. The van der Waals surface area contributed by atoms with Crippen LogP contribution in [0.4, 0.5) is 0 Å². The molecule has 4 aromatic carbocycles. The van der Waals surface area contributed by atoms with E-state index in [2.05, 4.69) is 48.5 Å². The number of benzene rings is 4. The highest BCUT2D eigenvalue weighted by atomic mass is 32.3. The van der Waals surface area contributed by atoms with E-state index in [4.69, 9.17) is 0 Å². The lowest BCUT2D eigenvalue weighted by Crippen LogP contribution is -2.29. The van der Waals surface area contributed by atoms with Crippen molar-refractivity contribution < 1.29 is 4.21 Å². The van der Waals surface area contributed by atoms with Crippen LogP contribution in [-0.2, 0) is 9.07 Å². The summed E-state index contributed by atoms with van der Waals surface area (Å²) < 4.78 is 15.7. The Balaban J connectivity index is 1.97. The normalized spacial score (nSPS) is 18.2. The zero-order chi connectivity index (χ0) is 17.4. The third-order valence-corrected chi connectivity index (χ3v) is 10.6. The Bertz CT molecular complexity index is 1100. The molecule has 26 heavy (non-hydrogen) atoms. The smallest absolute Gasteiger partial charge is 0.0376 e. The molecule has 0 amide bonds. The van der Waals surface area contributed by atoms with Crippen LogP contribution in [0.25, 0.3) is 22.3 Å². The summed E-state index contributed by atoms with van der Waals surface area (Å²) in [5.41, 5.74) is 4.36. The van der Waals surface area contributed by atoms with Crippen molar-refractivity contribution in [3.05, 3.63) is 97.1 Å². The molecule has 0 fully saturated rings. The first-order valence-corrected chi connectivity index (χ1v) is 10.8. The molecular formula is C24H16OS. The zero-order valence-electron chi connectivity index (χ0n) is 14.1. The van der Waals surface area contributed by atoms with Crippen LogP contribution < -0.4 is 0 Å². The second-order valence-electron chi connectivity index (χ2n) is 6.93. The SMILES string of the molecule is O=S12(c3ccccc3-c3ccccc31)c1ccccc1-c1ccccc12. The minimum Gasteiger partial charge on any atom is -0.264 e. The van der Waals surface area contributed by atoms with Gasteiger partial charge in [0.15, 0.2) is 0 Å². The molecule has 2 aliphatic heterocycles. The quantitative estimate of drug-likeness (QED) is 0.327. The van der Waals surface area contributed by atoms with E-state index in [1.54, 1.807) is 0 Å². The van der Waals surface area contributed by atoms with E-state index in [0.29, 0.717) is 0 Å². The Morgan fingerprint density at radius 1 is 0.385 bits per heavy atom. The molecule has 0 radical (unpaired) electrons. The van der Waals surface area contributed by atoms with Gasteiger partial charge in [-0.2, -0.15) is 0 Å². The summed E-state index contributed by atoms with van der Waals surface area (Å²) in [6.07, 6.45) is 0. The van der Waals surface area contributed by atoms with Crippen molar-refractivity contribution >= 4 is 9.07 Å². The Morgan fingerprint density at radius 3 is 0.885 bits per heavy atom. The van der Waals surface area contributed by atoms with Gasteiger partial charge in [0, 0.05) is 28.6 Å². The minimum atomic E-state index is -3.58. The molecule has 0 N–H and O–H groups in total. The molecule has 0 atom stereocenters. The van der Waals surface area contributed by atoms with Crippen molar-refractivity contribution in [3.8, 4) is 22.3 Å². The summed E-state index contributed by atoms with van der Waals surface area (Å²) in [6.45, 7) is 0. The molecule has 6 rings (SSSR count). The lowest BCUT2D eigenvalue weighted by Gasteiger charge is -2.38. The summed E-state index contributed by atoms with van der Waals surface area (Å²) >= 11 is 0. The molecule has 0 aromatic heterocycles. The zero-order valence-corrected chi connectivity index (χ0v) is 14.9. The standard InChI is InChI=1S/C24H16OS/c25-26(21-13-5-1-9-17(21)18-10-2-6-14-22(18)26)23-15-7-3-11-19(23)20-12-4-8-16-24(20)26/h1-16H. The van der Waals surface area contributed by atoms with Crippen LogP contribution in [0.1, 0.15) is 0 Å². The Labute approximate surface area is 152 Å². The van der Waals surface area contributed by atoms with Gasteiger partial charge >= 0.3 is 0 Å². The monoisotopic (exact) mass is 352 g/mol. The molecule has 0 aliphatic carbocycles. The number of fused-ring (bicyclic) bond motifs is 10. The highest BCUT2D eigenvalue weighted by Crippen LogP contribution is 2.70. The van der Waals surface area contributed by atoms with E-state index in [1.165, 1.54) is 0 Å². The second kappa shape index (κ2) is 4.40. The summed E-state index contributed by atoms with van der Waals surface area (Å²) in [6, 6.07) is 32.8. The Morgan fingerprint density at radius 2 is 0.615 bits per heavy atom. The fourth-order valence-electron chi connectivity index (χ4n) is 4.83. The molecule has 1 spiro atoms. The van der Waals surface area contributed by atoms with Gasteiger partial charge in [0.05, 0.1) is 0 Å². The van der Waals surface area contributed by atoms with Crippen LogP contribution in [0.3, 0.4) is 0 Å². The molecule has 2 aliphatic rings. The van der Waals surface area contributed by atoms with E-state index >= 15 is 4.21 Å². The average Bonchev–Trinajstić information content (AvgIpc) is 3.11. The predicted octanol–water partition coefficient (Wildman–Crippen LogP) is 6.00. The third-order valence-electron chi connectivity index (χ3n) is 5.81. The molecule has 0 unspecified atom stereocenters. The molecule has 4 aromatic rings. The highest BCUT2D eigenvalue weighted by Gasteiger charge is 2.56. The molecule has 2 heterocycles. The van der Waals surface area contributed by atoms with E-state index < -0.39 is 9.07 Å². The van der Waals surface area contributed by atoms with E-state index in [9.17, 15) is 0 Å². The number of hydrogen-bond acceptors (Lipinski definition) is 1. The van der Waals surface area contributed by atoms with Gasteiger partial charge in [0.25, 0.3) is 0 Å². The van der Waals surface area contributed by atoms with Crippen molar-refractivity contribution in [2.75, 3.05) is 0 Å². The van der Waals surface area contributed by atoms with Gasteiger partial charge in [-0.25, -0.2) is 0 Å². The van der Waals surface area contributed by atoms with E-state index in [0.717, 1.165) is 41.8 Å². The van der Waals surface area contributed by atoms with Crippen molar-refractivity contribution in [1.29, 1.82) is 0 Å². The Hall–Kier alpha value is -2.97. The fourth-order valence-corrected chi connectivity index (χ4v) is 9.99. The molecule has 2 heteroatoms. The van der Waals surface area contributed by atoms with Crippen molar-refractivity contribution in [2.24, 2.45) is 0 Å². The van der Waals surface area contributed by atoms with Crippen LogP contribution in [-0.4, -0.2) is 4.21 Å². The van der Waals surface area contributed by atoms with Crippen molar-refractivity contribution in [1.82, 2.24) is 0 Å². The number of hydrogen-bond donors (Lipinski definition) is 0. The van der Waals surface area contributed by atoms with Gasteiger partial charge in [-0.15, -0.1) is 0 Å². The van der Waals surface area contributed by atoms with Gasteiger partial charge in [0.2, 0.25) is 0 Å². The van der Waals surface area contributed by atoms with Crippen molar-refractivity contribution in [3.63, 3.8) is 0 Å². The van der Waals surface area contributed by atoms with Crippen molar-refractivity contribution in [2.45, 2.75) is 19.6 Å². The first-order valence-electron chi connectivity index (χ1n) is 8.79. The predicted molar refractivity (Wildman–Crippen MR) is 105 cm³/mol. The van der Waals surface area contributed by atoms with E-state index in [-0.39, 0.29) is 0 Å². The fraction of sp³-hybridized carbons (Fsp3) is 0. The maximum absolute atomic E-state index is 15.7. The maximum Gasteiger partial charge on any atom is 0.0376 e. The summed E-state index contributed by atoms with van der Waals surface area (Å²) in [4.78, 5) is 3.79.